The fourth-order valence-electron chi connectivity index (χ4n) is 6.59. The monoisotopic (exact) mass is 653 g/mol. The van der Waals surface area contributed by atoms with Crippen LogP contribution in [0.25, 0.3) is 16.8 Å². The zero-order chi connectivity index (χ0) is 32.2. The van der Waals surface area contributed by atoms with Gasteiger partial charge in [0.1, 0.15) is 0 Å². The third-order valence-electron chi connectivity index (χ3n) is 9.29. The summed E-state index contributed by atoms with van der Waals surface area (Å²) in [5, 5.41) is 14.4. The number of carbonyl (C=O) groups is 2. The van der Waals surface area contributed by atoms with Crippen molar-refractivity contribution in [3.8, 4) is 11.3 Å². The number of pyridine rings is 1. The molecule has 244 valence electrons. The highest BCUT2D eigenvalue weighted by Crippen LogP contribution is 2.31. The molecule has 3 aromatic heterocycles. The van der Waals surface area contributed by atoms with Gasteiger partial charge in [-0.25, -0.2) is 14.5 Å². The second-order valence-electron chi connectivity index (χ2n) is 12.7. The molecular formula is C35H40ClN9O2. The number of anilines is 2. The predicted octanol–water partition coefficient (Wildman–Crippen LogP) is 4.87. The van der Waals surface area contributed by atoms with Crippen LogP contribution < -0.4 is 16.0 Å². The number of hydrogen-bond donors (Lipinski definition) is 3. The van der Waals surface area contributed by atoms with Crippen molar-refractivity contribution in [2.24, 2.45) is 0 Å². The largest absolute Gasteiger partial charge is 0.351 e. The summed E-state index contributed by atoms with van der Waals surface area (Å²) in [4.78, 5) is 39.7. The maximum atomic E-state index is 13.1. The summed E-state index contributed by atoms with van der Waals surface area (Å²) in [5.41, 5.74) is 3.58. The molecule has 2 aliphatic carbocycles. The fraction of sp³-hybridized carbons (Fsp3) is 0.400. The normalized spacial score (nSPS) is 20.8. The van der Waals surface area contributed by atoms with E-state index in [0.29, 0.717) is 27.9 Å². The summed E-state index contributed by atoms with van der Waals surface area (Å²) in [7, 11) is 0. The summed E-state index contributed by atoms with van der Waals surface area (Å²) in [6.07, 6.45) is 15.0. The lowest BCUT2D eigenvalue weighted by atomic mass is 9.91. The number of halogens is 1. The second kappa shape index (κ2) is 14.2. The molecule has 2 atom stereocenters. The topological polar surface area (TPSA) is 120 Å². The Morgan fingerprint density at radius 3 is 2.57 bits per heavy atom. The Bertz CT molecular complexity index is 1750. The van der Waals surface area contributed by atoms with Crippen molar-refractivity contribution in [1.82, 2.24) is 34.7 Å². The standard InChI is InChI=1S/C35H40ClN9O2/c36-30-23-37-35(42-33(30)29-22-38-45-16-2-1-7-31(29)45)41-27-6-3-5-26(21-27)40-34(47)24-9-11-25(12-10-24)39-32(46)8-4-15-43-17-19-44(20-18-43)28-13-14-28/h1-2,4,7-12,16,22-23,26-28H,3,5-6,13-15,17-21H2,(H,39,46)(H,40,47)(H,37,41,42)/b8-4+/t26-,27+/m0/s1. The Morgan fingerprint density at radius 2 is 1.77 bits per heavy atom. The van der Waals surface area contributed by atoms with Gasteiger partial charge in [0.05, 0.1) is 28.6 Å². The van der Waals surface area contributed by atoms with Gasteiger partial charge < -0.3 is 16.0 Å². The van der Waals surface area contributed by atoms with Crippen LogP contribution in [-0.2, 0) is 4.79 Å². The molecule has 47 heavy (non-hydrogen) atoms. The first-order chi connectivity index (χ1) is 23.0. The number of aromatic nitrogens is 4. The van der Waals surface area contributed by atoms with E-state index < -0.39 is 0 Å². The van der Waals surface area contributed by atoms with E-state index in [1.54, 1.807) is 47.3 Å². The number of benzene rings is 1. The van der Waals surface area contributed by atoms with Crippen LogP contribution in [0.4, 0.5) is 11.6 Å². The van der Waals surface area contributed by atoms with Crippen LogP contribution in [-0.4, -0.2) is 92.0 Å². The Morgan fingerprint density at radius 1 is 0.957 bits per heavy atom. The lowest BCUT2D eigenvalue weighted by Gasteiger charge is -2.34. The molecule has 4 heterocycles. The van der Waals surface area contributed by atoms with Crippen LogP contribution >= 0.6 is 11.6 Å². The van der Waals surface area contributed by atoms with Crippen LogP contribution in [0.15, 0.2) is 73.2 Å². The van der Waals surface area contributed by atoms with Crippen LogP contribution in [0.1, 0.15) is 48.9 Å². The number of hydrogen-bond acceptors (Lipinski definition) is 8. The highest BCUT2D eigenvalue weighted by Gasteiger charge is 2.31. The Balaban J connectivity index is 0.881. The van der Waals surface area contributed by atoms with Gasteiger partial charge in [-0.05, 0) is 74.9 Å². The third kappa shape index (κ3) is 7.81. The van der Waals surface area contributed by atoms with Crippen molar-refractivity contribution in [2.75, 3.05) is 43.4 Å². The smallest absolute Gasteiger partial charge is 0.251 e. The summed E-state index contributed by atoms with van der Waals surface area (Å²) in [6, 6.07) is 13.8. The first kappa shape index (κ1) is 31.3. The quantitative estimate of drug-likeness (QED) is 0.208. The van der Waals surface area contributed by atoms with Gasteiger partial charge in [0.2, 0.25) is 11.9 Å². The van der Waals surface area contributed by atoms with Crippen molar-refractivity contribution >= 4 is 40.6 Å². The average molecular weight is 654 g/mol. The van der Waals surface area contributed by atoms with Crippen LogP contribution in [0.5, 0.6) is 0 Å². The molecule has 2 saturated carbocycles. The molecule has 0 radical (unpaired) electrons. The van der Waals surface area contributed by atoms with Gasteiger partial charge in [-0.1, -0.05) is 23.7 Å². The summed E-state index contributed by atoms with van der Waals surface area (Å²) in [5.74, 6) is 0.194. The zero-order valence-electron chi connectivity index (χ0n) is 26.3. The van der Waals surface area contributed by atoms with Gasteiger partial charge in [-0.2, -0.15) is 5.10 Å². The molecule has 3 N–H and O–H groups in total. The minimum Gasteiger partial charge on any atom is -0.351 e. The van der Waals surface area contributed by atoms with Crippen LogP contribution in [0.3, 0.4) is 0 Å². The second-order valence-corrected chi connectivity index (χ2v) is 13.1. The molecule has 4 aromatic rings. The van der Waals surface area contributed by atoms with Gasteiger partial charge in [0, 0.05) is 79.9 Å². The number of piperazine rings is 1. The predicted molar refractivity (Wildman–Crippen MR) is 184 cm³/mol. The lowest BCUT2D eigenvalue weighted by molar-refractivity contribution is -0.111. The summed E-state index contributed by atoms with van der Waals surface area (Å²) < 4.78 is 1.79. The highest BCUT2D eigenvalue weighted by atomic mass is 35.5. The van der Waals surface area contributed by atoms with E-state index >= 15 is 0 Å². The first-order valence-electron chi connectivity index (χ1n) is 16.6. The van der Waals surface area contributed by atoms with Crippen molar-refractivity contribution in [2.45, 2.75) is 56.7 Å². The van der Waals surface area contributed by atoms with Crippen molar-refractivity contribution in [3.05, 3.63) is 83.8 Å². The maximum Gasteiger partial charge on any atom is 0.251 e. The molecule has 3 fully saturated rings. The molecule has 1 aromatic carbocycles. The lowest BCUT2D eigenvalue weighted by Crippen LogP contribution is -2.47. The molecule has 11 nitrogen and oxygen atoms in total. The molecule has 0 unspecified atom stereocenters. The van der Waals surface area contributed by atoms with E-state index in [9.17, 15) is 9.59 Å². The Hall–Kier alpha value is -4.32. The molecule has 0 spiro atoms. The van der Waals surface area contributed by atoms with Crippen LogP contribution in [0, 0.1) is 0 Å². The minimum atomic E-state index is -0.171. The van der Waals surface area contributed by atoms with E-state index in [2.05, 4.69) is 35.8 Å². The number of nitrogens with one attached hydrogen (secondary N) is 3. The van der Waals surface area contributed by atoms with Gasteiger partial charge in [0.25, 0.3) is 5.91 Å². The van der Waals surface area contributed by atoms with Gasteiger partial charge in [-0.3, -0.25) is 19.4 Å². The van der Waals surface area contributed by atoms with Crippen LogP contribution in [0.2, 0.25) is 5.02 Å². The maximum absolute atomic E-state index is 13.1. The molecule has 1 aliphatic heterocycles. The SMILES string of the molecule is O=C(/C=C/CN1CCN(C2CC2)CC1)Nc1ccc(C(=O)N[C@H]2CCC[C@@H](Nc3ncc(Cl)c(-c4cnn5ccccc45)n3)C2)cc1. The fourth-order valence-corrected chi connectivity index (χ4v) is 6.79. The molecule has 2 amide bonds. The van der Waals surface area contributed by atoms with Crippen molar-refractivity contribution in [3.63, 3.8) is 0 Å². The number of amides is 2. The zero-order valence-corrected chi connectivity index (χ0v) is 27.1. The average Bonchev–Trinajstić information content (AvgIpc) is 3.85. The third-order valence-corrected chi connectivity index (χ3v) is 9.56. The van der Waals surface area contributed by atoms with E-state index in [1.807, 2.05) is 30.5 Å². The molecular weight excluding hydrogens is 614 g/mol. The van der Waals surface area contributed by atoms with Gasteiger partial charge in [-0.15, -0.1) is 0 Å². The number of rotatable bonds is 10. The Kier molecular flexibility index (Phi) is 9.46. The summed E-state index contributed by atoms with van der Waals surface area (Å²) in [6.45, 7) is 5.11. The van der Waals surface area contributed by atoms with E-state index in [0.717, 1.165) is 75.5 Å². The van der Waals surface area contributed by atoms with E-state index in [-0.39, 0.29) is 23.9 Å². The summed E-state index contributed by atoms with van der Waals surface area (Å²) >= 11 is 6.50. The van der Waals surface area contributed by atoms with E-state index in [1.165, 1.54) is 12.8 Å². The molecule has 0 bridgehead atoms. The molecule has 7 rings (SSSR count). The molecule has 3 aliphatic rings. The minimum absolute atomic E-state index is 0.0151. The number of fused-ring (bicyclic) bond motifs is 1. The number of nitrogens with zero attached hydrogens (tertiary/aromatic N) is 6. The highest BCUT2D eigenvalue weighted by molar-refractivity contribution is 6.33. The number of carbonyl (C=O) groups excluding carboxylic acids is 2. The van der Waals surface area contributed by atoms with E-state index in [4.69, 9.17) is 16.6 Å². The molecule has 1 saturated heterocycles. The Labute approximate surface area is 279 Å². The van der Waals surface area contributed by atoms with Gasteiger partial charge >= 0.3 is 0 Å². The van der Waals surface area contributed by atoms with Crippen molar-refractivity contribution in [1.29, 1.82) is 0 Å². The first-order valence-corrected chi connectivity index (χ1v) is 16.9. The van der Waals surface area contributed by atoms with Gasteiger partial charge in [0.15, 0.2) is 0 Å². The molecule has 12 heteroatoms. The van der Waals surface area contributed by atoms with Crippen molar-refractivity contribution < 1.29 is 9.59 Å².